The minimum atomic E-state index is -0.634. The maximum Gasteiger partial charge on any atom is 0.317 e. The van der Waals surface area contributed by atoms with Crippen molar-refractivity contribution in [2.45, 2.75) is 37.6 Å². The largest absolute Gasteiger partial charge is 0.493 e. The van der Waals surface area contributed by atoms with Crippen LogP contribution in [0.5, 0.6) is 11.5 Å². The summed E-state index contributed by atoms with van der Waals surface area (Å²) in [5.74, 6) is 0.563. The van der Waals surface area contributed by atoms with Crippen molar-refractivity contribution in [2.24, 2.45) is 0 Å². The van der Waals surface area contributed by atoms with Crippen LogP contribution in [-0.2, 0) is 26.3 Å². The number of carbonyl (C=O) groups is 2. The molecule has 1 fully saturated rings. The van der Waals surface area contributed by atoms with E-state index >= 15 is 0 Å². The first-order valence-corrected chi connectivity index (χ1v) is 9.79. The molecule has 0 spiro atoms. The lowest BCUT2D eigenvalue weighted by molar-refractivity contribution is -0.154. The van der Waals surface area contributed by atoms with Gasteiger partial charge in [-0.1, -0.05) is 49.2 Å². The number of benzene rings is 2. The molecule has 1 amide bonds. The Morgan fingerprint density at radius 2 is 1.66 bits per heavy atom. The molecule has 3 rings (SSSR count). The minimum Gasteiger partial charge on any atom is -0.493 e. The molecule has 0 radical (unpaired) electrons. The Labute approximate surface area is 171 Å². The Kier molecular flexibility index (Phi) is 6.75. The molecule has 2 aromatic carbocycles. The van der Waals surface area contributed by atoms with Crippen LogP contribution in [0.25, 0.3) is 0 Å². The highest BCUT2D eigenvalue weighted by atomic mass is 16.5. The van der Waals surface area contributed by atoms with Gasteiger partial charge in [0.05, 0.1) is 19.6 Å². The van der Waals surface area contributed by atoms with Gasteiger partial charge in [0.2, 0.25) is 0 Å². The van der Waals surface area contributed by atoms with Crippen LogP contribution in [0.4, 0.5) is 0 Å². The summed E-state index contributed by atoms with van der Waals surface area (Å²) in [7, 11) is 3.13. The van der Waals surface area contributed by atoms with Crippen molar-refractivity contribution in [3.05, 3.63) is 59.7 Å². The Morgan fingerprint density at radius 3 is 2.31 bits per heavy atom. The van der Waals surface area contributed by atoms with Crippen molar-refractivity contribution in [3.63, 3.8) is 0 Å². The zero-order chi connectivity index (χ0) is 20.7. The number of rotatable bonds is 8. The van der Waals surface area contributed by atoms with E-state index < -0.39 is 5.41 Å². The maximum absolute atomic E-state index is 12.9. The summed E-state index contributed by atoms with van der Waals surface area (Å²) in [5, 5.41) is 2.77. The van der Waals surface area contributed by atoms with E-state index in [2.05, 4.69) is 5.32 Å². The van der Waals surface area contributed by atoms with Gasteiger partial charge in [0.15, 0.2) is 18.1 Å². The van der Waals surface area contributed by atoms with E-state index in [4.69, 9.17) is 14.2 Å². The van der Waals surface area contributed by atoms with E-state index in [1.807, 2.05) is 36.4 Å². The van der Waals surface area contributed by atoms with E-state index in [-0.39, 0.29) is 18.5 Å². The highest BCUT2D eigenvalue weighted by molar-refractivity contribution is 5.86. The molecule has 0 aliphatic heterocycles. The SMILES string of the molecule is COc1ccc(CNC(=O)COC(=O)C2(c3ccccc3)CCCC2)cc1OC. The van der Waals surface area contributed by atoms with E-state index in [0.717, 1.165) is 36.8 Å². The average molecular weight is 397 g/mol. The number of amides is 1. The molecule has 0 bridgehead atoms. The smallest absolute Gasteiger partial charge is 0.317 e. The number of hydrogen-bond acceptors (Lipinski definition) is 5. The molecule has 6 nitrogen and oxygen atoms in total. The second-order valence-electron chi connectivity index (χ2n) is 7.20. The zero-order valence-electron chi connectivity index (χ0n) is 16.9. The molecule has 1 aliphatic carbocycles. The minimum absolute atomic E-state index is 0.291. The van der Waals surface area contributed by atoms with Crippen molar-refractivity contribution < 1.29 is 23.8 Å². The van der Waals surface area contributed by atoms with E-state index in [0.29, 0.717) is 18.0 Å². The summed E-state index contributed by atoms with van der Waals surface area (Å²) in [6.07, 6.45) is 3.47. The van der Waals surface area contributed by atoms with Crippen molar-refractivity contribution in [3.8, 4) is 11.5 Å². The van der Waals surface area contributed by atoms with Crippen molar-refractivity contribution in [2.75, 3.05) is 20.8 Å². The standard InChI is InChI=1S/C23H27NO5/c1-27-19-11-10-17(14-20(19)28-2)15-24-21(25)16-29-22(26)23(12-6-7-13-23)18-8-4-3-5-9-18/h3-5,8-11,14H,6-7,12-13,15-16H2,1-2H3,(H,24,25). The predicted octanol–water partition coefficient (Wildman–Crippen LogP) is 3.38. The molecule has 1 saturated carbocycles. The highest BCUT2D eigenvalue weighted by Gasteiger charge is 2.44. The van der Waals surface area contributed by atoms with E-state index in [1.165, 1.54) is 0 Å². The van der Waals surface area contributed by atoms with Gasteiger partial charge >= 0.3 is 5.97 Å². The topological polar surface area (TPSA) is 73.9 Å². The number of hydrogen-bond donors (Lipinski definition) is 1. The number of carbonyl (C=O) groups excluding carboxylic acids is 2. The summed E-state index contributed by atoms with van der Waals surface area (Å²) < 4.78 is 15.9. The average Bonchev–Trinajstić information content (AvgIpc) is 3.27. The van der Waals surface area contributed by atoms with Gasteiger partial charge < -0.3 is 19.5 Å². The molecular formula is C23H27NO5. The molecule has 1 N–H and O–H groups in total. The second kappa shape index (κ2) is 9.45. The first-order valence-electron chi connectivity index (χ1n) is 9.79. The van der Waals surface area contributed by atoms with Gasteiger partial charge in [-0.3, -0.25) is 9.59 Å². The molecule has 0 unspecified atom stereocenters. The molecule has 154 valence electrons. The first-order chi connectivity index (χ1) is 14.1. The fourth-order valence-electron chi connectivity index (χ4n) is 3.86. The van der Waals surface area contributed by atoms with Gasteiger partial charge in [-0.15, -0.1) is 0 Å². The van der Waals surface area contributed by atoms with Crippen molar-refractivity contribution >= 4 is 11.9 Å². The van der Waals surface area contributed by atoms with E-state index in [1.54, 1.807) is 26.4 Å². The van der Waals surface area contributed by atoms with Crippen molar-refractivity contribution in [1.82, 2.24) is 5.32 Å². The third kappa shape index (κ3) is 4.70. The van der Waals surface area contributed by atoms with Gasteiger partial charge in [-0.2, -0.15) is 0 Å². The molecule has 1 aliphatic rings. The summed E-state index contributed by atoms with van der Waals surface area (Å²) in [4.78, 5) is 25.1. The number of nitrogens with one attached hydrogen (secondary N) is 1. The molecule has 0 saturated heterocycles. The Hall–Kier alpha value is -3.02. The van der Waals surface area contributed by atoms with E-state index in [9.17, 15) is 9.59 Å². The molecule has 6 heteroatoms. The second-order valence-corrected chi connectivity index (χ2v) is 7.20. The molecule has 2 aromatic rings. The summed E-state index contributed by atoms with van der Waals surface area (Å²) in [6.45, 7) is 0.0152. The summed E-state index contributed by atoms with van der Waals surface area (Å²) in [5.41, 5.74) is 1.19. The maximum atomic E-state index is 12.9. The van der Waals surface area contributed by atoms with Crippen LogP contribution >= 0.6 is 0 Å². The fourth-order valence-corrected chi connectivity index (χ4v) is 3.86. The third-order valence-corrected chi connectivity index (χ3v) is 5.45. The number of ether oxygens (including phenoxy) is 3. The highest BCUT2D eigenvalue weighted by Crippen LogP contribution is 2.42. The van der Waals surface area contributed by atoms with Gasteiger partial charge in [-0.05, 0) is 36.1 Å². The third-order valence-electron chi connectivity index (χ3n) is 5.45. The molecular weight excluding hydrogens is 370 g/mol. The molecule has 29 heavy (non-hydrogen) atoms. The van der Waals surface area contributed by atoms with Gasteiger partial charge in [-0.25, -0.2) is 0 Å². The quantitative estimate of drug-likeness (QED) is 0.692. The Balaban J connectivity index is 1.55. The molecule has 0 heterocycles. The van der Waals surface area contributed by atoms with Gasteiger partial charge in [0, 0.05) is 6.54 Å². The van der Waals surface area contributed by atoms with Crippen LogP contribution < -0.4 is 14.8 Å². The zero-order valence-corrected chi connectivity index (χ0v) is 16.9. The molecule has 0 atom stereocenters. The summed E-state index contributed by atoms with van der Waals surface area (Å²) >= 11 is 0. The van der Waals surface area contributed by atoms with Crippen molar-refractivity contribution in [1.29, 1.82) is 0 Å². The number of methoxy groups -OCH3 is 2. The Bertz CT molecular complexity index is 844. The van der Waals surface area contributed by atoms with Gasteiger partial charge in [0.1, 0.15) is 0 Å². The summed E-state index contributed by atoms with van der Waals surface area (Å²) in [6, 6.07) is 15.1. The van der Waals surface area contributed by atoms with Crippen LogP contribution in [-0.4, -0.2) is 32.7 Å². The lowest BCUT2D eigenvalue weighted by Crippen LogP contribution is -2.37. The van der Waals surface area contributed by atoms with Crippen LogP contribution in [0.15, 0.2) is 48.5 Å². The monoisotopic (exact) mass is 397 g/mol. The fraction of sp³-hybridized carbons (Fsp3) is 0.391. The lowest BCUT2D eigenvalue weighted by atomic mass is 9.79. The predicted molar refractivity (Wildman–Crippen MR) is 109 cm³/mol. The normalized spacial score (nSPS) is 14.8. The molecule has 0 aromatic heterocycles. The number of esters is 1. The lowest BCUT2D eigenvalue weighted by Gasteiger charge is -2.27. The first kappa shape index (κ1) is 20.7. The Morgan fingerprint density at radius 1 is 0.966 bits per heavy atom. The van der Waals surface area contributed by atoms with Crippen LogP contribution in [0.2, 0.25) is 0 Å². The van der Waals surface area contributed by atoms with Crippen LogP contribution in [0.1, 0.15) is 36.8 Å². The van der Waals surface area contributed by atoms with Crippen LogP contribution in [0.3, 0.4) is 0 Å². The van der Waals surface area contributed by atoms with Gasteiger partial charge in [0.25, 0.3) is 5.91 Å². The van der Waals surface area contributed by atoms with Crippen LogP contribution in [0, 0.1) is 0 Å².